The second-order valence-corrected chi connectivity index (χ2v) is 6.90. The summed E-state index contributed by atoms with van der Waals surface area (Å²) in [6.45, 7) is 10.1. The van der Waals surface area contributed by atoms with Crippen LogP contribution in [0.4, 0.5) is 0 Å². The zero-order chi connectivity index (χ0) is 18.5. The van der Waals surface area contributed by atoms with Gasteiger partial charge in [-0.2, -0.15) is 0 Å². The number of ether oxygens (including phenoxy) is 1. The van der Waals surface area contributed by atoms with Crippen LogP contribution in [0.2, 0.25) is 0 Å². The van der Waals surface area contributed by atoms with E-state index in [9.17, 15) is 0 Å². The fourth-order valence-corrected chi connectivity index (χ4v) is 3.39. The van der Waals surface area contributed by atoms with Crippen LogP contribution in [0.5, 0.6) is 5.75 Å². The van der Waals surface area contributed by atoms with E-state index in [2.05, 4.69) is 54.1 Å². The van der Waals surface area contributed by atoms with E-state index < -0.39 is 0 Å². The maximum Gasteiger partial charge on any atom is 0.125 e. The summed E-state index contributed by atoms with van der Waals surface area (Å²) in [4.78, 5) is 4.60. The molecule has 3 aromatic rings. The minimum absolute atomic E-state index is 0.798. The average Bonchev–Trinajstić information content (AvgIpc) is 2.93. The Hall–Kier alpha value is -2.49. The highest BCUT2D eigenvalue weighted by molar-refractivity contribution is 5.76. The van der Waals surface area contributed by atoms with Gasteiger partial charge < -0.3 is 10.2 Å². The molecular weight excluding hydrogens is 322 g/mol. The number of para-hydroxylation sites is 2. The van der Waals surface area contributed by atoms with Crippen molar-refractivity contribution in [2.75, 3.05) is 18.6 Å². The van der Waals surface area contributed by atoms with Gasteiger partial charge in [-0.1, -0.05) is 37.6 Å². The molecule has 0 saturated carbocycles. The normalized spacial score (nSPS) is 11.1. The zero-order valence-corrected chi connectivity index (χ0v) is 16.3. The molecule has 1 N–H and O–H groups in total. The molecule has 0 amide bonds. The first-order valence-electron chi connectivity index (χ1n) is 9.51. The molecule has 0 saturated heterocycles. The Labute approximate surface area is 156 Å². The summed E-state index contributed by atoms with van der Waals surface area (Å²) in [6.07, 6.45) is 3.22. The standard InChI is InChI=1S/C22H29N3O/c1-5-6-13-26-22-16(2)14-19(15-17(22)3)11-12-23-25-18(4)24-20-9-7-8-10-21(20)25/h7-10,14-15,23H,5-6,11-13H2,1-4H3. The van der Waals surface area contributed by atoms with E-state index in [4.69, 9.17) is 4.74 Å². The van der Waals surface area contributed by atoms with Crippen molar-refractivity contribution in [2.45, 2.75) is 47.0 Å². The molecule has 138 valence electrons. The number of hydrogen-bond acceptors (Lipinski definition) is 3. The number of aromatic nitrogens is 2. The summed E-state index contributed by atoms with van der Waals surface area (Å²) in [6, 6.07) is 12.7. The van der Waals surface area contributed by atoms with Gasteiger partial charge in [0.1, 0.15) is 11.6 Å². The van der Waals surface area contributed by atoms with Gasteiger partial charge >= 0.3 is 0 Å². The second kappa shape index (κ2) is 8.26. The predicted octanol–water partition coefficient (Wildman–Crippen LogP) is 4.93. The molecular formula is C22H29N3O. The van der Waals surface area contributed by atoms with Crippen LogP contribution >= 0.6 is 0 Å². The van der Waals surface area contributed by atoms with Gasteiger partial charge in [0.2, 0.25) is 0 Å². The highest BCUT2D eigenvalue weighted by atomic mass is 16.5. The first-order valence-corrected chi connectivity index (χ1v) is 9.51. The highest BCUT2D eigenvalue weighted by Gasteiger charge is 2.08. The molecule has 1 aromatic heterocycles. The topological polar surface area (TPSA) is 39.1 Å². The number of hydrogen-bond donors (Lipinski definition) is 1. The maximum atomic E-state index is 5.96. The maximum absolute atomic E-state index is 5.96. The van der Waals surface area contributed by atoms with E-state index in [1.807, 2.05) is 25.1 Å². The summed E-state index contributed by atoms with van der Waals surface area (Å²) in [5.41, 5.74) is 9.43. The van der Waals surface area contributed by atoms with Gasteiger partial charge in [0.25, 0.3) is 0 Å². The van der Waals surface area contributed by atoms with Crippen molar-refractivity contribution in [3.05, 3.63) is 58.9 Å². The fourth-order valence-electron chi connectivity index (χ4n) is 3.39. The molecule has 2 aromatic carbocycles. The van der Waals surface area contributed by atoms with Crippen molar-refractivity contribution in [3.8, 4) is 5.75 Å². The van der Waals surface area contributed by atoms with Gasteiger partial charge in [-0.05, 0) is 62.4 Å². The third kappa shape index (κ3) is 4.01. The molecule has 0 unspecified atom stereocenters. The second-order valence-electron chi connectivity index (χ2n) is 6.90. The molecule has 0 fully saturated rings. The minimum Gasteiger partial charge on any atom is -0.493 e. The van der Waals surface area contributed by atoms with Crippen molar-refractivity contribution >= 4 is 11.0 Å². The van der Waals surface area contributed by atoms with Crippen LogP contribution < -0.4 is 10.2 Å². The van der Waals surface area contributed by atoms with Crippen LogP contribution in [-0.2, 0) is 6.42 Å². The fraction of sp³-hybridized carbons (Fsp3) is 0.409. The van der Waals surface area contributed by atoms with Crippen molar-refractivity contribution in [1.29, 1.82) is 0 Å². The van der Waals surface area contributed by atoms with E-state index in [1.54, 1.807) is 0 Å². The monoisotopic (exact) mass is 351 g/mol. The Kier molecular flexibility index (Phi) is 5.82. The first kappa shape index (κ1) is 18.3. The number of unbranched alkanes of at least 4 members (excludes halogenated alkanes) is 1. The molecule has 0 aliphatic rings. The Morgan fingerprint density at radius 1 is 1.08 bits per heavy atom. The number of imidazole rings is 1. The largest absolute Gasteiger partial charge is 0.493 e. The average molecular weight is 351 g/mol. The van der Waals surface area contributed by atoms with Crippen molar-refractivity contribution in [3.63, 3.8) is 0 Å². The van der Waals surface area contributed by atoms with Gasteiger partial charge in [0.05, 0.1) is 17.6 Å². The summed E-state index contributed by atoms with van der Waals surface area (Å²) in [5.74, 6) is 2.03. The molecule has 26 heavy (non-hydrogen) atoms. The van der Waals surface area contributed by atoms with Crippen LogP contribution in [0.1, 0.15) is 42.3 Å². The highest BCUT2D eigenvalue weighted by Crippen LogP contribution is 2.25. The number of nitrogens with zero attached hydrogens (tertiary/aromatic N) is 2. The number of rotatable bonds is 8. The first-order chi connectivity index (χ1) is 12.6. The zero-order valence-electron chi connectivity index (χ0n) is 16.3. The summed E-state index contributed by atoms with van der Waals surface area (Å²) < 4.78 is 8.04. The molecule has 0 radical (unpaired) electrons. The van der Waals surface area contributed by atoms with Crippen molar-refractivity contribution in [2.24, 2.45) is 0 Å². The lowest BCUT2D eigenvalue weighted by Crippen LogP contribution is -2.19. The number of nitrogens with one attached hydrogen (secondary N) is 1. The lowest BCUT2D eigenvalue weighted by molar-refractivity contribution is 0.305. The molecule has 4 nitrogen and oxygen atoms in total. The SMILES string of the molecule is CCCCOc1c(C)cc(CCNn2c(C)nc3ccccc32)cc1C. The van der Waals surface area contributed by atoms with E-state index in [1.165, 1.54) is 16.7 Å². The molecule has 0 aliphatic heterocycles. The summed E-state index contributed by atoms with van der Waals surface area (Å²) in [5, 5.41) is 0. The van der Waals surface area contributed by atoms with Gasteiger partial charge in [-0.3, -0.25) is 0 Å². The van der Waals surface area contributed by atoms with Crippen LogP contribution in [0.3, 0.4) is 0 Å². The molecule has 0 spiro atoms. The number of aryl methyl sites for hydroxylation is 3. The molecule has 4 heteroatoms. The van der Waals surface area contributed by atoms with Crippen LogP contribution in [0.15, 0.2) is 36.4 Å². The number of benzene rings is 2. The van der Waals surface area contributed by atoms with E-state index >= 15 is 0 Å². The lowest BCUT2D eigenvalue weighted by atomic mass is 10.0. The predicted molar refractivity (Wildman–Crippen MR) is 109 cm³/mol. The van der Waals surface area contributed by atoms with E-state index in [-0.39, 0.29) is 0 Å². The van der Waals surface area contributed by atoms with Crippen molar-refractivity contribution < 1.29 is 4.74 Å². The Morgan fingerprint density at radius 3 is 2.54 bits per heavy atom. The minimum atomic E-state index is 0.798. The Bertz CT molecular complexity index is 859. The smallest absolute Gasteiger partial charge is 0.125 e. The molecule has 1 heterocycles. The molecule has 0 bridgehead atoms. The molecule has 0 atom stereocenters. The van der Waals surface area contributed by atoms with Crippen molar-refractivity contribution in [1.82, 2.24) is 9.66 Å². The number of fused-ring (bicyclic) bond motifs is 1. The van der Waals surface area contributed by atoms with Gasteiger partial charge in [-0.15, -0.1) is 0 Å². The molecule has 3 rings (SSSR count). The van der Waals surface area contributed by atoms with E-state index in [0.717, 1.165) is 55.0 Å². The van der Waals surface area contributed by atoms with Gasteiger partial charge in [0, 0.05) is 6.54 Å². The van der Waals surface area contributed by atoms with Crippen LogP contribution in [0, 0.1) is 20.8 Å². The molecule has 0 aliphatic carbocycles. The van der Waals surface area contributed by atoms with Gasteiger partial charge in [0.15, 0.2) is 0 Å². The quantitative estimate of drug-likeness (QED) is 0.585. The Morgan fingerprint density at radius 2 is 1.81 bits per heavy atom. The summed E-state index contributed by atoms with van der Waals surface area (Å²) in [7, 11) is 0. The third-order valence-corrected chi connectivity index (χ3v) is 4.68. The summed E-state index contributed by atoms with van der Waals surface area (Å²) >= 11 is 0. The van der Waals surface area contributed by atoms with Gasteiger partial charge in [-0.25, -0.2) is 9.66 Å². The Balaban J connectivity index is 1.65. The third-order valence-electron chi connectivity index (χ3n) is 4.68. The van der Waals surface area contributed by atoms with Crippen LogP contribution in [0.25, 0.3) is 11.0 Å². The van der Waals surface area contributed by atoms with Crippen LogP contribution in [-0.4, -0.2) is 22.8 Å². The lowest BCUT2D eigenvalue weighted by Gasteiger charge is -2.15. The van der Waals surface area contributed by atoms with E-state index in [0.29, 0.717) is 0 Å².